The predicted molar refractivity (Wildman–Crippen MR) is 78.2 cm³/mol. The molecule has 2 aromatic heterocycles. The lowest BCUT2D eigenvalue weighted by Gasteiger charge is -2.08. The van der Waals surface area contributed by atoms with Crippen molar-refractivity contribution in [3.8, 4) is 0 Å². The van der Waals surface area contributed by atoms with E-state index in [0.29, 0.717) is 22.7 Å². The van der Waals surface area contributed by atoms with Crippen LogP contribution in [0.3, 0.4) is 0 Å². The Kier molecular flexibility index (Phi) is 4.13. The molecule has 3 aromatic rings. The molecule has 3 N–H and O–H groups in total. The summed E-state index contributed by atoms with van der Waals surface area (Å²) >= 11 is 0. The van der Waals surface area contributed by atoms with Crippen LogP contribution in [0.4, 0.5) is 0 Å². The monoisotopic (exact) mass is 315 g/mol. The standard InChI is InChI=1S/C14H13N5O4/c20-8-11(14-15-10-3-1-2-4-12(10)23-14)19-7-9(16-18-19)5-6-13(21)17-22/h1-7,11,20,22H,8H2,(H,17,21)/b6-5+. The summed E-state index contributed by atoms with van der Waals surface area (Å²) in [5, 5.41) is 25.8. The topological polar surface area (TPSA) is 126 Å². The number of hydroxylamine groups is 1. The van der Waals surface area contributed by atoms with Crippen molar-refractivity contribution in [2.24, 2.45) is 0 Å². The Hall–Kier alpha value is -3.04. The number of nitrogens with zero attached hydrogens (tertiary/aromatic N) is 4. The van der Waals surface area contributed by atoms with E-state index in [0.717, 1.165) is 6.08 Å². The predicted octanol–water partition coefficient (Wildman–Crippen LogP) is 0.520. The highest BCUT2D eigenvalue weighted by molar-refractivity contribution is 5.90. The van der Waals surface area contributed by atoms with Gasteiger partial charge in [-0.2, -0.15) is 0 Å². The molecule has 0 aliphatic rings. The average Bonchev–Trinajstić information content (AvgIpc) is 3.20. The fourth-order valence-corrected chi connectivity index (χ4v) is 2.02. The minimum absolute atomic E-state index is 0.281. The number of para-hydroxylation sites is 2. The van der Waals surface area contributed by atoms with Crippen LogP contribution in [0.25, 0.3) is 17.2 Å². The van der Waals surface area contributed by atoms with Gasteiger partial charge in [0.2, 0.25) is 5.89 Å². The molecular weight excluding hydrogens is 302 g/mol. The Labute approximate surface area is 129 Å². The van der Waals surface area contributed by atoms with Gasteiger partial charge in [0.15, 0.2) is 11.6 Å². The van der Waals surface area contributed by atoms with E-state index in [4.69, 9.17) is 9.62 Å². The van der Waals surface area contributed by atoms with Crippen LogP contribution in [0, 0.1) is 0 Å². The lowest BCUT2D eigenvalue weighted by molar-refractivity contribution is -0.124. The van der Waals surface area contributed by atoms with Crippen molar-refractivity contribution in [1.82, 2.24) is 25.5 Å². The Morgan fingerprint density at radius 3 is 3.00 bits per heavy atom. The summed E-state index contributed by atoms with van der Waals surface area (Å²) in [6.07, 6.45) is 3.99. The molecule has 9 nitrogen and oxygen atoms in total. The van der Waals surface area contributed by atoms with Crippen LogP contribution in [0.1, 0.15) is 17.6 Å². The molecule has 0 saturated carbocycles. The Morgan fingerprint density at radius 2 is 2.26 bits per heavy atom. The minimum Gasteiger partial charge on any atom is -0.438 e. The van der Waals surface area contributed by atoms with Crippen LogP contribution in [0.5, 0.6) is 0 Å². The van der Waals surface area contributed by atoms with E-state index in [-0.39, 0.29) is 6.61 Å². The quantitative estimate of drug-likeness (QED) is 0.356. The molecule has 1 amide bonds. The maximum Gasteiger partial charge on any atom is 0.267 e. The van der Waals surface area contributed by atoms with E-state index >= 15 is 0 Å². The van der Waals surface area contributed by atoms with E-state index in [1.807, 2.05) is 12.1 Å². The van der Waals surface area contributed by atoms with Gasteiger partial charge in [-0.25, -0.2) is 15.1 Å². The number of nitrogens with one attached hydrogen (secondary N) is 1. The maximum absolute atomic E-state index is 10.9. The first-order valence-corrected chi connectivity index (χ1v) is 6.71. The van der Waals surface area contributed by atoms with Crippen LogP contribution >= 0.6 is 0 Å². The molecular formula is C14H13N5O4. The fourth-order valence-electron chi connectivity index (χ4n) is 2.02. The molecule has 2 heterocycles. The second kappa shape index (κ2) is 6.38. The smallest absolute Gasteiger partial charge is 0.267 e. The third kappa shape index (κ3) is 3.10. The molecule has 118 valence electrons. The van der Waals surface area contributed by atoms with Crippen LogP contribution in [0.2, 0.25) is 0 Å². The van der Waals surface area contributed by atoms with E-state index in [1.165, 1.54) is 22.4 Å². The number of hydrogen-bond acceptors (Lipinski definition) is 7. The van der Waals surface area contributed by atoms with Crippen molar-refractivity contribution >= 4 is 23.1 Å². The molecule has 0 radical (unpaired) electrons. The molecule has 0 spiro atoms. The fraction of sp³-hybridized carbons (Fsp3) is 0.143. The van der Waals surface area contributed by atoms with Crippen molar-refractivity contribution < 1.29 is 19.5 Å². The van der Waals surface area contributed by atoms with Crippen molar-refractivity contribution in [3.63, 3.8) is 0 Å². The van der Waals surface area contributed by atoms with Gasteiger partial charge in [0.1, 0.15) is 11.2 Å². The first kappa shape index (κ1) is 14.9. The summed E-state index contributed by atoms with van der Waals surface area (Å²) in [6.45, 7) is -0.281. The van der Waals surface area contributed by atoms with Gasteiger partial charge < -0.3 is 9.52 Å². The molecule has 3 rings (SSSR count). The first-order valence-electron chi connectivity index (χ1n) is 6.71. The van der Waals surface area contributed by atoms with Gasteiger partial charge in [-0.1, -0.05) is 17.3 Å². The number of hydrogen-bond donors (Lipinski definition) is 3. The zero-order chi connectivity index (χ0) is 16.2. The number of aliphatic hydroxyl groups excluding tert-OH is 1. The third-order valence-electron chi connectivity index (χ3n) is 3.13. The average molecular weight is 315 g/mol. The lowest BCUT2D eigenvalue weighted by atomic mass is 10.3. The summed E-state index contributed by atoms with van der Waals surface area (Å²) in [5.74, 6) is -0.376. The minimum atomic E-state index is -0.683. The van der Waals surface area contributed by atoms with Crippen LogP contribution in [-0.2, 0) is 4.79 Å². The summed E-state index contributed by atoms with van der Waals surface area (Å²) in [6, 6.07) is 6.62. The molecule has 0 bridgehead atoms. The van der Waals surface area contributed by atoms with Crippen molar-refractivity contribution in [2.75, 3.05) is 6.61 Å². The van der Waals surface area contributed by atoms with Gasteiger partial charge in [-0.15, -0.1) is 5.10 Å². The number of rotatable bonds is 5. The van der Waals surface area contributed by atoms with Gasteiger partial charge >= 0.3 is 0 Å². The number of oxazole rings is 1. The molecule has 1 unspecified atom stereocenters. The highest BCUT2D eigenvalue weighted by Gasteiger charge is 2.20. The molecule has 0 saturated heterocycles. The van der Waals surface area contributed by atoms with Crippen molar-refractivity contribution in [2.45, 2.75) is 6.04 Å². The molecule has 9 heteroatoms. The molecule has 23 heavy (non-hydrogen) atoms. The molecule has 1 atom stereocenters. The summed E-state index contributed by atoms with van der Waals surface area (Å²) in [7, 11) is 0. The second-order valence-electron chi connectivity index (χ2n) is 4.65. The Bertz CT molecular complexity index is 821. The summed E-state index contributed by atoms with van der Waals surface area (Å²) in [5.41, 5.74) is 3.14. The third-order valence-corrected chi connectivity index (χ3v) is 3.13. The van der Waals surface area contributed by atoms with Gasteiger partial charge in [0.25, 0.3) is 5.91 Å². The van der Waals surface area contributed by atoms with Crippen LogP contribution in [-0.4, -0.2) is 42.8 Å². The molecule has 0 aliphatic carbocycles. The number of fused-ring (bicyclic) bond motifs is 1. The van der Waals surface area contributed by atoms with Crippen molar-refractivity contribution in [3.05, 3.63) is 48.1 Å². The molecule has 1 aromatic carbocycles. The van der Waals surface area contributed by atoms with E-state index in [1.54, 1.807) is 12.1 Å². The van der Waals surface area contributed by atoms with Gasteiger partial charge in [0.05, 0.1) is 12.8 Å². The van der Waals surface area contributed by atoms with Crippen molar-refractivity contribution in [1.29, 1.82) is 0 Å². The van der Waals surface area contributed by atoms with Crippen LogP contribution < -0.4 is 5.48 Å². The van der Waals surface area contributed by atoms with E-state index in [9.17, 15) is 9.90 Å². The molecule has 0 aliphatic heterocycles. The summed E-state index contributed by atoms with van der Waals surface area (Å²) < 4.78 is 7.02. The number of aromatic nitrogens is 4. The maximum atomic E-state index is 10.9. The zero-order valence-electron chi connectivity index (χ0n) is 11.8. The number of carbonyl (C=O) groups is 1. The molecule has 0 fully saturated rings. The highest BCUT2D eigenvalue weighted by atomic mass is 16.5. The Morgan fingerprint density at radius 1 is 1.43 bits per heavy atom. The van der Waals surface area contributed by atoms with E-state index in [2.05, 4.69) is 15.3 Å². The van der Waals surface area contributed by atoms with Gasteiger partial charge in [-0.05, 0) is 18.2 Å². The Balaban J connectivity index is 1.87. The number of amides is 1. The normalized spacial score (nSPS) is 12.8. The number of carbonyl (C=O) groups excluding carboxylic acids is 1. The van der Waals surface area contributed by atoms with E-state index < -0.39 is 11.9 Å². The van der Waals surface area contributed by atoms with Gasteiger partial charge in [-0.3, -0.25) is 10.0 Å². The van der Waals surface area contributed by atoms with Crippen LogP contribution in [0.15, 0.2) is 41.0 Å². The number of aliphatic hydroxyl groups is 1. The first-order chi connectivity index (χ1) is 11.2. The zero-order valence-corrected chi connectivity index (χ0v) is 11.8. The van der Waals surface area contributed by atoms with Gasteiger partial charge in [0, 0.05) is 6.08 Å². The highest BCUT2D eigenvalue weighted by Crippen LogP contribution is 2.22. The second-order valence-corrected chi connectivity index (χ2v) is 4.65. The SMILES string of the molecule is O=C(/C=C/c1cn(C(CO)c2nc3ccccc3o2)nn1)NO. The largest absolute Gasteiger partial charge is 0.438 e. The number of benzene rings is 1. The lowest BCUT2D eigenvalue weighted by Crippen LogP contribution is -2.15. The summed E-state index contributed by atoms with van der Waals surface area (Å²) in [4.78, 5) is 15.3.